The molecule has 0 aromatic rings. The minimum absolute atomic E-state index is 0.00932. The van der Waals surface area contributed by atoms with Crippen molar-refractivity contribution in [3.8, 4) is 0 Å². The molecule has 4 heteroatoms. The third-order valence-electron chi connectivity index (χ3n) is 4.76. The predicted molar refractivity (Wildman–Crippen MR) is 110 cm³/mol. The average Bonchev–Trinajstić information content (AvgIpc) is 2.65. The molecule has 156 valence electrons. The number of aliphatic hydroxyl groups is 1. The number of ether oxygens (including phenoxy) is 1. The van der Waals surface area contributed by atoms with Gasteiger partial charge in [-0.2, -0.15) is 0 Å². The fourth-order valence-electron chi connectivity index (χ4n) is 3.05. The first-order chi connectivity index (χ1) is 12.8. The largest absolute Gasteiger partial charge is 0.466 e. The molecule has 0 spiro atoms. The molecule has 0 atom stereocenters. The van der Waals surface area contributed by atoms with Gasteiger partial charge in [0.05, 0.1) is 6.61 Å². The number of nitrogens with one attached hydrogen (secondary N) is 1. The van der Waals surface area contributed by atoms with E-state index in [1.165, 1.54) is 70.6 Å². The van der Waals surface area contributed by atoms with Gasteiger partial charge in [0.2, 0.25) is 0 Å². The lowest BCUT2D eigenvalue weighted by molar-refractivity contribution is -0.143. The highest BCUT2D eigenvalue weighted by atomic mass is 16.5. The molecule has 0 rings (SSSR count). The van der Waals surface area contributed by atoms with Crippen molar-refractivity contribution in [2.24, 2.45) is 0 Å². The normalized spacial score (nSPS) is 11.0. The molecule has 0 saturated carbocycles. The Bertz CT molecular complexity index is 285. The Labute approximate surface area is 162 Å². The van der Waals surface area contributed by atoms with E-state index in [1.54, 1.807) is 0 Å². The van der Waals surface area contributed by atoms with Crippen LogP contribution in [0.25, 0.3) is 0 Å². The lowest BCUT2D eigenvalue weighted by Gasteiger charge is -2.06. The van der Waals surface area contributed by atoms with Crippen molar-refractivity contribution >= 4 is 5.97 Å². The van der Waals surface area contributed by atoms with Gasteiger partial charge in [-0.3, -0.25) is 4.79 Å². The summed E-state index contributed by atoms with van der Waals surface area (Å²) < 4.78 is 5.31. The zero-order valence-corrected chi connectivity index (χ0v) is 17.4. The molecule has 0 aromatic heterocycles. The molecule has 4 nitrogen and oxygen atoms in total. The molecule has 0 aliphatic heterocycles. The molecule has 0 unspecified atom stereocenters. The van der Waals surface area contributed by atoms with E-state index in [4.69, 9.17) is 9.84 Å². The topological polar surface area (TPSA) is 58.6 Å². The number of hydrogen-bond donors (Lipinski definition) is 2. The quantitative estimate of drug-likeness (QED) is 0.210. The minimum atomic E-state index is -0.00932. The number of unbranched alkanes of at least 4 members (excludes halogenated alkanes) is 12. The van der Waals surface area contributed by atoms with Gasteiger partial charge in [-0.1, -0.05) is 77.6 Å². The molecule has 2 N–H and O–H groups in total. The second kappa shape index (κ2) is 22.4. The van der Waals surface area contributed by atoms with Crippen LogP contribution in [0.15, 0.2) is 0 Å². The van der Waals surface area contributed by atoms with Crippen LogP contribution in [0.5, 0.6) is 0 Å². The number of hydrogen-bond acceptors (Lipinski definition) is 4. The van der Waals surface area contributed by atoms with Crippen LogP contribution in [0.2, 0.25) is 0 Å². The molecule has 0 radical (unpaired) electrons. The SMILES string of the molecule is CCCCCCCCCOC(=O)CCCCCCCCCNCCCO. The number of aliphatic hydroxyl groups excluding tert-OH is 1. The van der Waals surface area contributed by atoms with Gasteiger partial charge in [-0.25, -0.2) is 0 Å². The van der Waals surface area contributed by atoms with E-state index < -0.39 is 0 Å². The number of rotatable bonds is 21. The van der Waals surface area contributed by atoms with Gasteiger partial charge in [-0.05, 0) is 38.8 Å². The van der Waals surface area contributed by atoms with Gasteiger partial charge >= 0.3 is 5.97 Å². The molecule has 26 heavy (non-hydrogen) atoms. The standard InChI is InChI=1S/C22H45NO3/c1-2-3-4-5-9-12-15-21-26-22(25)17-13-10-7-6-8-11-14-18-23-19-16-20-24/h23-24H,2-21H2,1H3. The van der Waals surface area contributed by atoms with Gasteiger partial charge in [-0.15, -0.1) is 0 Å². The summed E-state index contributed by atoms with van der Waals surface area (Å²) in [6, 6.07) is 0. The summed E-state index contributed by atoms with van der Waals surface area (Å²) in [5.74, 6) is -0.00932. The monoisotopic (exact) mass is 371 g/mol. The number of carbonyl (C=O) groups excluding carboxylic acids is 1. The van der Waals surface area contributed by atoms with Gasteiger partial charge in [0.1, 0.15) is 0 Å². The minimum Gasteiger partial charge on any atom is -0.466 e. The molecule has 0 amide bonds. The summed E-state index contributed by atoms with van der Waals surface area (Å²) in [4.78, 5) is 11.7. The van der Waals surface area contributed by atoms with Crippen molar-refractivity contribution in [1.82, 2.24) is 5.32 Å². The second-order valence-electron chi connectivity index (χ2n) is 7.39. The zero-order chi connectivity index (χ0) is 19.1. The van der Waals surface area contributed by atoms with Crippen LogP contribution in [-0.4, -0.2) is 37.4 Å². The lowest BCUT2D eigenvalue weighted by atomic mass is 10.1. The van der Waals surface area contributed by atoms with Crippen LogP contribution in [0, 0.1) is 0 Å². The van der Waals surface area contributed by atoms with Crippen LogP contribution >= 0.6 is 0 Å². The number of carbonyl (C=O) groups is 1. The van der Waals surface area contributed by atoms with E-state index in [2.05, 4.69) is 12.2 Å². The third-order valence-corrected chi connectivity index (χ3v) is 4.76. The first kappa shape index (κ1) is 25.4. The average molecular weight is 372 g/mol. The maximum absolute atomic E-state index is 11.7. The van der Waals surface area contributed by atoms with E-state index in [1.807, 2.05) is 0 Å². The van der Waals surface area contributed by atoms with Crippen LogP contribution in [0.1, 0.15) is 110 Å². The Morgan fingerprint density at radius 1 is 0.731 bits per heavy atom. The molecule has 0 saturated heterocycles. The summed E-state index contributed by atoms with van der Waals surface area (Å²) in [7, 11) is 0. The zero-order valence-electron chi connectivity index (χ0n) is 17.4. The highest BCUT2D eigenvalue weighted by Crippen LogP contribution is 2.10. The van der Waals surface area contributed by atoms with Crippen molar-refractivity contribution in [2.75, 3.05) is 26.3 Å². The highest BCUT2D eigenvalue weighted by molar-refractivity contribution is 5.69. The van der Waals surface area contributed by atoms with Crippen molar-refractivity contribution in [2.45, 2.75) is 110 Å². The number of esters is 1. The molecule has 0 heterocycles. The molecule has 0 aromatic carbocycles. The smallest absolute Gasteiger partial charge is 0.305 e. The fraction of sp³-hybridized carbons (Fsp3) is 0.955. The maximum Gasteiger partial charge on any atom is 0.305 e. The van der Waals surface area contributed by atoms with Gasteiger partial charge < -0.3 is 15.2 Å². The van der Waals surface area contributed by atoms with E-state index in [0.29, 0.717) is 13.0 Å². The van der Waals surface area contributed by atoms with Crippen LogP contribution < -0.4 is 5.32 Å². The summed E-state index contributed by atoms with van der Waals surface area (Å²) >= 11 is 0. The van der Waals surface area contributed by atoms with E-state index in [0.717, 1.165) is 38.8 Å². The third kappa shape index (κ3) is 21.4. The first-order valence-electron chi connectivity index (χ1n) is 11.3. The predicted octanol–water partition coefficient (Wildman–Crippen LogP) is 5.37. The summed E-state index contributed by atoms with van der Waals surface area (Å²) in [5.41, 5.74) is 0. The fourth-order valence-corrected chi connectivity index (χ4v) is 3.05. The Morgan fingerprint density at radius 2 is 1.27 bits per heavy atom. The summed E-state index contributed by atoms with van der Waals surface area (Å²) in [6.45, 7) is 5.11. The van der Waals surface area contributed by atoms with Crippen LogP contribution in [0.3, 0.4) is 0 Å². The Hall–Kier alpha value is -0.610. The summed E-state index contributed by atoms with van der Waals surface area (Å²) in [5, 5.41) is 12.0. The van der Waals surface area contributed by atoms with Gasteiger partial charge in [0.25, 0.3) is 0 Å². The Morgan fingerprint density at radius 3 is 1.92 bits per heavy atom. The molecular weight excluding hydrogens is 326 g/mol. The maximum atomic E-state index is 11.7. The molecule has 0 bridgehead atoms. The Balaban J connectivity index is 3.13. The van der Waals surface area contributed by atoms with E-state index in [-0.39, 0.29) is 12.6 Å². The lowest BCUT2D eigenvalue weighted by Crippen LogP contribution is -2.17. The first-order valence-corrected chi connectivity index (χ1v) is 11.3. The van der Waals surface area contributed by atoms with Gasteiger partial charge in [0, 0.05) is 13.0 Å². The van der Waals surface area contributed by atoms with Crippen molar-refractivity contribution in [3.63, 3.8) is 0 Å². The Kier molecular flexibility index (Phi) is 21.9. The van der Waals surface area contributed by atoms with E-state index in [9.17, 15) is 4.79 Å². The molecular formula is C22H45NO3. The molecule has 0 aliphatic rings. The van der Waals surface area contributed by atoms with Crippen molar-refractivity contribution in [1.29, 1.82) is 0 Å². The summed E-state index contributed by atoms with van der Waals surface area (Å²) in [6.07, 6.45) is 18.6. The molecule has 0 aliphatic carbocycles. The van der Waals surface area contributed by atoms with Crippen LogP contribution in [0.4, 0.5) is 0 Å². The van der Waals surface area contributed by atoms with Gasteiger partial charge in [0.15, 0.2) is 0 Å². The molecule has 0 fully saturated rings. The van der Waals surface area contributed by atoms with E-state index >= 15 is 0 Å². The highest BCUT2D eigenvalue weighted by Gasteiger charge is 2.02. The van der Waals surface area contributed by atoms with Crippen molar-refractivity contribution in [3.05, 3.63) is 0 Å². The second-order valence-corrected chi connectivity index (χ2v) is 7.39. The van der Waals surface area contributed by atoms with Crippen molar-refractivity contribution < 1.29 is 14.6 Å². The van der Waals surface area contributed by atoms with Crippen LogP contribution in [-0.2, 0) is 9.53 Å².